The van der Waals surface area contributed by atoms with Crippen molar-refractivity contribution in [2.45, 2.75) is 12.3 Å². The van der Waals surface area contributed by atoms with Crippen LogP contribution < -0.4 is 4.72 Å². The summed E-state index contributed by atoms with van der Waals surface area (Å²) in [6, 6.07) is 26.1. The van der Waals surface area contributed by atoms with Crippen molar-refractivity contribution < 1.29 is 8.42 Å². The molecule has 3 nitrogen and oxygen atoms in total. The van der Waals surface area contributed by atoms with E-state index in [2.05, 4.69) is 16.9 Å². The van der Waals surface area contributed by atoms with Gasteiger partial charge < -0.3 is 0 Å². The molecule has 0 fully saturated rings. The van der Waals surface area contributed by atoms with Crippen molar-refractivity contribution in [1.82, 2.24) is 4.72 Å². The molecule has 1 aliphatic carbocycles. The zero-order chi connectivity index (χ0) is 18.0. The monoisotopic (exact) mass is 363 g/mol. The maximum Gasteiger partial charge on any atom is 0.212 e. The minimum absolute atomic E-state index is 0.0792. The van der Waals surface area contributed by atoms with Crippen molar-refractivity contribution in [2.24, 2.45) is 0 Å². The van der Waals surface area contributed by atoms with Gasteiger partial charge in [-0.3, -0.25) is 0 Å². The number of hydrogen-bond donors (Lipinski definition) is 1. The third kappa shape index (κ3) is 3.43. The molecule has 1 N–H and O–H groups in total. The average Bonchev–Trinajstić information content (AvgIpc) is 2.96. The SMILES string of the molecule is O=S(=O)(CC1c2ccccc2-c2ccccc21)NCCc1ccccc1. The Kier molecular flexibility index (Phi) is 4.62. The van der Waals surface area contributed by atoms with E-state index in [1.54, 1.807) is 0 Å². The summed E-state index contributed by atoms with van der Waals surface area (Å²) >= 11 is 0. The molecule has 0 radical (unpaired) electrons. The predicted octanol–water partition coefficient (Wildman–Crippen LogP) is 3.96. The summed E-state index contributed by atoms with van der Waals surface area (Å²) in [5, 5.41) is 0. The minimum atomic E-state index is -3.37. The predicted molar refractivity (Wildman–Crippen MR) is 106 cm³/mol. The Morgan fingerprint density at radius 3 is 1.88 bits per heavy atom. The molecule has 4 rings (SSSR count). The van der Waals surface area contributed by atoms with Gasteiger partial charge in [0.25, 0.3) is 0 Å². The molecule has 0 aromatic heterocycles. The largest absolute Gasteiger partial charge is 0.215 e. The molecule has 0 bridgehead atoms. The van der Waals surface area contributed by atoms with Gasteiger partial charge in [-0.25, -0.2) is 13.1 Å². The van der Waals surface area contributed by atoms with E-state index in [1.807, 2.05) is 66.7 Å². The first-order chi connectivity index (χ1) is 12.6. The molecule has 0 aliphatic heterocycles. The van der Waals surface area contributed by atoms with E-state index in [-0.39, 0.29) is 11.7 Å². The van der Waals surface area contributed by atoms with Crippen LogP contribution in [0.4, 0.5) is 0 Å². The highest BCUT2D eigenvalue weighted by Gasteiger charge is 2.31. The van der Waals surface area contributed by atoms with Crippen molar-refractivity contribution in [1.29, 1.82) is 0 Å². The first-order valence-corrected chi connectivity index (χ1v) is 10.5. The number of hydrogen-bond acceptors (Lipinski definition) is 2. The van der Waals surface area contributed by atoms with Crippen LogP contribution in [-0.2, 0) is 16.4 Å². The summed E-state index contributed by atoms with van der Waals surface area (Å²) in [5.41, 5.74) is 5.62. The van der Waals surface area contributed by atoms with Crippen LogP contribution in [0.3, 0.4) is 0 Å². The highest BCUT2D eigenvalue weighted by atomic mass is 32.2. The van der Waals surface area contributed by atoms with E-state index in [0.29, 0.717) is 13.0 Å². The Balaban J connectivity index is 1.51. The maximum atomic E-state index is 12.7. The van der Waals surface area contributed by atoms with Crippen LogP contribution in [0.5, 0.6) is 0 Å². The van der Waals surface area contributed by atoms with Crippen LogP contribution in [0.1, 0.15) is 22.6 Å². The third-order valence-corrected chi connectivity index (χ3v) is 6.34. The van der Waals surface area contributed by atoms with Crippen LogP contribution in [0.25, 0.3) is 11.1 Å². The quantitative estimate of drug-likeness (QED) is 0.720. The Morgan fingerprint density at radius 1 is 0.731 bits per heavy atom. The van der Waals surface area contributed by atoms with Gasteiger partial charge in [0.1, 0.15) is 0 Å². The molecular formula is C22H21NO2S. The molecule has 0 spiro atoms. The second-order valence-electron chi connectivity index (χ2n) is 6.64. The number of sulfonamides is 1. The second-order valence-corrected chi connectivity index (χ2v) is 8.49. The molecule has 4 heteroatoms. The highest BCUT2D eigenvalue weighted by molar-refractivity contribution is 7.89. The summed E-state index contributed by atoms with van der Waals surface area (Å²) in [4.78, 5) is 0. The van der Waals surface area contributed by atoms with Gasteiger partial charge in [-0.1, -0.05) is 78.9 Å². The van der Waals surface area contributed by atoms with Gasteiger partial charge in [-0.15, -0.1) is 0 Å². The molecule has 0 heterocycles. The average molecular weight is 363 g/mol. The standard InChI is InChI=1S/C22H21NO2S/c24-26(25,23-15-14-17-8-2-1-3-9-17)16-22-20-12-6-4-10-18(20)19-11-5-7-13-21(19)22/h1-13,22-23H,14-16H2. The van der Waals surface area contributed by atoms with E-state index in [4.69, 9.17) is 0 Å². The maximum absolute atomic E-state index is 12.7. The Morgan fingerprint density at radius 2 is 1.27 bits per heavy atom. The summed E-state index contributed by atoms with van der Waals surface area (Å²) in [6.45, 7) is 0.419. The van der Waals surface area contributed by atoms with Gasteiger partial charge in [-0.05, 0) is 34.2 Å². The number of rotatable bonds is 6. The molecular weight excluding hydrogens is 342 g/mol. The lowest BCUT2D eigenvalue weighted by Crippen LogP contribution is -2.30. The van der Waals surface area contributed by atoms with Crippen LogP contribution in [0, 0.1) is 0 Å². The molecule has 0 unspecified atom stereocenters. The van der Waals surface area contributed by atoms with Gasteiger partial charge in [0.05, 0.1) is 5.75 Å². The molecule has 0 saturated carbocycles. The number of nitrogens with one attached hydrogen (secondary N) is 1. The lowest BCUT2D eigenvalue weighted by molar-refractivity contribution is 0.578. The number of benzene rings is 3. The fourth-order valence-corrected chi connectivity index (χ4v) is 5.04. The van der Waals surface area contributed by atoms with Gasteiger partial charge in [-0.2, -0.15) is 0 Å². The summed E-state index contributed by atoms with van der Waals surface area (Å²) in [6.07, 6.45) is 0.692. The van der Waals surface area contributed by atoms with E-state index < -0.39 is 10.0 Å². The summed E-state index contributed by atoms with van der Waals surface area (Å²) in [5.74, 6) is -0.0351. The van der Waals surface area contributed by atoms with Gasteiger partial charge in [0.2, 0.25) is 10.0 Å². The lowest BCUT2D eigenvalue weighted by Gasteiger charge is -2.15. The van der Waals surface area contributed by atoms with Crippen LogP contribution in [-0.4, -0.2) is 20.7 Å². The zero-order valence-corrected chi connectivity index (χ0v) is 15.2. The van der Waals surface area contributed by atoms with Gasteiger partial charge >= 0.3 is 0 Å². The molecule has 0 atom stereocenters. The topological polar surface area (TPSA) is 46.2 Å². The Hall–Kier alpha value is -2.43. The molecule has 26 heavy (non-hydrogen) atoms. The van der Waals surface area contributed by atoms with Crippen LogP contribution in [0.2, 0.25) is 0 Å². The van der Waals surface area contributed by atoms with Crippen LogP contribution in [0.15, 0.2) is 78.9 Å². The van der Waals surface area contributed by atoms with Crippen molar-refractivity contribution in [2.75, 3.05) is 12.3 Å². The molecule has 132 valence electrons. The smallest absolute Gasteiger partial charge is 0.212 e. The second kappa shape index (κ2) is 7.06. The lowest BCUT2D eigenvalue weighted by atomic mass is 9.99. The molecule has 3 aromatic rings. The summed E-state index contributed by atoms with van der Waals surface area (Å²) in [7, 11) is -3.37. The van der Waals surface area contributed by atoms with E-state index in [9.17, 15) is 8.42 Å². The van der Waals surface area contributed by atoms with E-state index in [1.165, 1.54) is 0 Å². The van der Waals surface area contributed by atoms with E-state index >= 15 is 0 Å². The Bertz CT molecular complexity index is 968. The molecule has 1 aliphatic rings. The number of fused-ring (bicyclic) bond motifs is 3. The van der Waals surface area contributed by atoms with Crippen molar-refractivity contribution >= 4 is 10.0 Å². The fourth-order valence-electron chi connectivity index (χ4n) is 3.71. The third-order valence-electron chi connectivity index (χ3n) is 4.93. The molecule has 3 aromatic carbocycles. The van der Waals surface area contributed by atoms with Gasteiger partial charge in [0.15, 0.2) is 0 Å². The minimum Gasteiger partial charge on any atom is -0.215 e. The first-order valence-electron chi connectivity index (χ1n) is 8.83. The zero-order valence-electron chi connectivity index (χ0n) is 14.4. The van der Waals surface area contributed by atoms with Crippen molar-refractivity contribution in [3.05, 3.63) is 95.6 Å². The Labute approximate surface area is 154 Å². The van der Waals surface area contributed by atoms with E-state index in [0.717, 1.165) is 27.8 Å². The highest BCUT2D eigenvalue weighted by Crippen LogP contribution is 2.44. The summed E-state index contributed by atoms with van der Waals surface area (Å²) < 4.78 is 28.1. The molecule has 0 saturated heterocycles. The van der Waals surface area contributed by atoms with Crippen molar-refractivity contribution in [3.63, 3.8) is 0 Å². The fraction of sp³-hybridized carbons (Fsp3) is 0.182. The van der Waals surface area contributed by atoms with Crippen LogP contribution >= 0.6 is 0 Å². The normalized spacial score (nSPS) is 13.4. The first kappa shape index (κ1) is 17.0. The van der Waals surface area contributed by atoms with Crippen molar-refractivity contribution in [3.8, 4) is 11.1 Å². The molecule has 0 amide bonds. The van der Waals surface area contributed by atoms with Gasteiger partial charge in [0, 0.05) is 12.5 Å².